The molecule has 3 rings (SSSR count). The lowest BCUT2D eigenvalue weighted by Gasteiger charge is -2.32. The standard InChI is InChI=1S/C30H39N3O8/c1-30(2,3)41-28(38)24-15-10-16-33(24)27(37)25(35)22(17-20-11-6-4-7-12-20)31-26(36)23(18-34)32-29(39)40-19-21-13-8-5-9-14-21/h4-9,11-14,22-25,34-35H,10,15-19H2,1-3H3,(H,31,36)(H,32,39)/t22-,23-,24-,25-/m0/s1. The van der Waals surface area contributed by atoms with E-state index in [2.05, 4.69) is 10.6 Å². The first-order chi connectivity index (χ1) is 19.5. The number of nitrogens with one attached hydrogen (secondary N) is 2. The van der Waals surface area contributed by atoms with E-state index < -0.39 is 60.3 Å². The lowest BCUT2D eigenvalue weighted by molar-refractivity contribution is -0.165. The van der Waals surface area contributed by atoms with Crippen molar-refractivity contribution < 1.29 is 38.9 Å². The van der Waals surface area contributed by atoms with Gasteiger partial charge in [0.2, 0.25) is 5.91 Å². The van der Waals surface area contributed by atoms with Crippen molar-refractivity contribution in [2.24, 2.45) is 0 Å². The van der Waals surface area contributed by atoms with Crippen LogP contribution in [0.25, 0.3) is 0 Å². The summed E-state index contributed by atoms with van der Waals surface area (Å²) in [6.45, 7) is 4.66. The molecule has 3 amide bonds. The van der Waals surface area contributed by atoms with Gasteiger partial charge < -0.3 is 35.2 Å². The summed E-state index contributed by atoms with van der Waals surface area (Å²) in [6, 6.07) is 14.5. The molecule has 222 valence electrons. The van der Waals surface area contributed by atoms with Crippen molar-refractivity contribution in [2.45, 2.75) is 76.5 Å². The van der Waals surface area contributed by atoms with Crippen molar-refractivity contribution in [2.75, 3.05) is 13.2 Å². The van der Waals surface area contributed by atoms with Crippen molar-refractivity contribution in [1.29, 1.82) is 0 Å². The highest BCUT2D eigenvalue weighted by Gasteiger charge is 2.41. The molecule has 4 N–H and O–H groups in total. The molecule has 1 saturated heterocycles. The lowest BCUT2D eigenvalue weighted by atomic mass is 9.99. The first-order valence-corrected chi connectivity index (χ1v) is 13.6. The molecule has 41 heavy (non-hydrogen) atoms. The van der Waals surface area contributed by atoms with Gasteiger partial charge in [-0.05, 0) is 51.2 Å². The number of esters is 1. The smallest absolute Gasteiger partial charge is 0.408 e. The van der Waals surface area contributed by atoms with Crippen LogP contribution in [0.5, 0.6) is 0 Å². The van der Waals surface area contributed by atoms with Crippen LogP contribution < -0.4 is 10.6 Å². The maximum atomic E-state index is 13.5. The molecule has 1 aliphatic heterocycles. The van der Waals surface area contributed by atoms with E-state index in [1.807, 2.05) is 6.07 Å². The van der Waals surface area contributed by atoms with E-state index in [1.165, 1.54) is 4.90 Å². The number of amides is 3. The van der Waals surface area contributed by atoms with Crippen molar-refractivity contribution in [3.8, 4) is 0 Å². The quantitative estimate of drug-likeness (QED) is 0.298. The Hall–Kier alpha value is -3.96. The predicted molar refractivity (Wildman–Crippen MR) is 149 cm³/mol. The van der Waals surface area contributed by atoms with E-state index in [-0.39, 0.29) is 19.6 Å². The molecular formula is C30H39N3O8. The minimum Gasteiger partial charge on any atom is -0.458 e. The van der Waals surface area contributed by atoms with Crippen LogP contribution in [0.4, 0.5) is 4.79 Å². The lowest BCUT2D eigenvalue weighted by Crippen LogP contribution is -2.58. The molecule has 1 fully saturated rings. The van der Waals surface area contributed by atoms with Gasteiger partial charge in [-0.3, -0.25) is 9.59 Å². The van der Waals surface area contributed by atoms with Crippen LogP contribution in [0.3, 0.4) is 0 Å². The van der Waals surface area contributed by atoms with Gasteiger partial charge in [0.25, 0.3) is 5.91 Å². The number of carbonyl (C=O) groups is 4. The fraction of sp³-hybridized carbons (Fsp3) is 0.467. The van der Waals surface area contributed by atoms with Crippen LogP contribution in [-0.2, 0) is 36.9 Å². The van der Waals surface area contributed by atoms with Gasteiger partial charge in [0, 0.05) is 6.54 Å². The van der Waals surface area contributed by atoms with Crippen LogP contribution in [0.15, 0.2) is 60.7 Å². The van der Waals surface area contributed by atoms with Crippen LogP contribution >= 0.6 is 0 Å². The third-order valence-electron chi connectivity index (χ3n) is 6.48. The maximum absolute atomic E-state index is 13.5. The van der Waals surface area contributed by atoms with Crippen LogP contribution in [0, 0.1) is 0 Å². The minimum absolute atomic E-state index is 0.0368. The normalized spacial score (nSPS) is 17.2. The summed E-state index contributed by atoms with van der Waals surface area (Å²) < 4.78 is 10.6. The number of carbonyl (C=O) groups excluding carboxylic acids is 4. The molecule has 1 heterocycles. The van der Waals surface area contributed by atoms with Gasteiger partial charge >= 0.3 is 12.1 Å². The number of rotatable bonds is 11. The van der Waals surface area contributed by atoms with Crippen LogP contribution in [0.2, 0.25) is 0 Å². The Labute approximate surface area is 239 Å². The second-order valence-corrected chi connectivity index (χ2v) is 10.9. The van der Waals surface area contributed by atoms with E-state index in [0.29, 0.717) is 12.8 Å². The summed E-state index contributed by atoms with van der Waals surface area (Å²) >= 11 is 0. The molecule has 11 heteroatoms. The Balaban J connectivity index is 1.70. The Morgan fingerprint density at radius 3 is 2.17 bits per heavy atom. The first kappa shape index (κ1) is 31.6. The van der Waals surface area contributed by atoms with Crippen LogP contribution in [0.1, 0.15) is 44.7 Å². The molecule has 1 aliphatic rings. The summed E-state index contributed by atoms with van der Waals surface area (Å²) in [5.41, 5.74) is 0.722. The molecule has 2 aromatic carbocycles. The van der Waals surface area contributed by atoms with Gasteiger partial charge in [-0.1, -0.05) is 60.7 Å². The number of aliphatic hydroxyl groups is 2. The Morgan fingerprint density at radius 1 is 0.976 bits per heavy atom. The highest BCUT2D eigenvalue weighted by atomic mass is 16.6. The molecule has 11 nitrogen and oxygen atoms in total. The molecule has 0 unspecified atom stereocenters. The van der Waals surface area contributed by atoms with Gasteiger partial charge in [-0.15, -0.1) is 0 Å². The number of ether oxygens (including phenoxy) is 2. The zero-order valence-corrected chi connectivity index (χ0v) is 23.6. The predicted octanol–water partition coefficient (Wildman–Crippen LogP) is 1.69. The third-order valence-corrected chi connectivity index (χ3v) is 6.48. The molecule has 0 aliphatic carbocycles. The fourth-order valence-electron chi connectivity index (χ4n) is 4.48. The number of likely N-dealkylation sites (tertiary alicyclic amines) is 1. The number of benzene rings is 2. The molecular weight excluding hydrogens is 530 g/mol. The number of nitrogens with zero attached hydrogens (tertiary/aromatic N) is 1. The largest absolute Gasteiger partial charge is 0.458 e. The highest BCUT2D eigenvalue weighted by molar-refractivity contribution is 5.90. The van der Waals surface area contributed by atoms with Crippen molar-refractivity contribution in [3.05, 3.63) is 71.8 Å². The summed E-state index contributed by atoms with van der Waals surface area (Å²) in [4.78, 5) is 52.9. The Bertz CT molecular complexity index is 1170. The number of aliphatic hydroxyl groups excluding tert-OH is 2. The van der Waals surface area contributed by atoms with Gasteiger partial charge in [0.05, 0.1) is 12.6 Å². The first-order valence-electron chi connectivity index (χ1n) is 13.6. The van der Waals surface area contributed by atoms with Crippen molar-refractivity contribution >= 4 is 23.9 Å². The van der Waals surface area contributed by atoms with Gasteiger partial charge in [-0.2, -0.15) is 0 Å². The number of hydrogen-bond donors (Lipinski definition) is 4. The molecule has 0 saturated carbocycles. The highest BCUT2D eigenvalue weighted by Crippen LogP contribution is 2.23. The Morgan fingerprint density at radius 2 is 1.59 bits per heavy atom. The zero-order chi connectivity index (χ0) is 30.0. The topological polar surface area (TPSA) is 154 Å². The summed E-state index contributed by atoms with van der Waals surface area (Å²) in [7, 11) is 0. The molecule has 4 atom stereocenters. The summed E-state index contributed by atoms with van der Waals surface area (Å²) in [5.74, 6) is -2.10. The van der Waals surface area contributed by atoms with Crippen molar-refractivity contribution in [3.63, 3.8) is 0 Å². The van der Waals surface area contributed by atoms with Crippen LogP contribution in [-0.4, -0.2) is 82.0 Å². The fourth-order valence-corrected chi connectivity index (χ4v) is 4.48. The molecule has 0 radical (unpaired) electrons. The number of alkyl carbamates (subject to hydrolysis) is 1. The molecule has 0 aromatic heterocycles. The van der Waals surface area contributed by atoms with E-state index in [1.54, 1.807) is 75.4 Å². The second-order valence-electron chi connectivity index (χ2n) is 10.9. The average Bonchev–Trinajstić information content (AvgIpc) is 3.44. The monoisotopic (exact) mass is 569 g/mol. The zero-order valence-electron chi connectivity index (χ0n) is 23.6. The van der Waals surface area contributed by atoms with E-state index in [9.17, 15) is 29.4 Å². The van der Waals surface area contributed by atoms with Gasteiger partial charge in [0.1, 0.15) is 24.3 Å². The average molecular weight is 570 g/mol. The number of hydrogen-bond acceptors (Lipinski definition) is 8. The summed E-state index contributed by atoms with van der Waals surface area (Å²) in [6.07, 6.45) is -1.62. The molecule has 2 aromatic rings. The second kappa shape index (κ2) is 14.6. The Kier molecular flexibility index (Phi) is 11.2. The SMILES string of the molecule is CC(C)(C)OC(=O)[C@@H]1CCCN1C(=O)[C@@H](O)[C@H](Cc1ccccc1)NC(=O)[C@H](CO)NC(=O)OCc1ccccc1. The molecule has 0 bridgehead atoms. The van der Waals surface area contributed by atoms with E-state index >= 15 is 0 Å². The van der Waals surface area contributed by atoms with Crippen molar-refractivity contribution in [1.82, 2.24) is 15.5 Å². The summed E-state index contributed by atoms with van der Waals surface area (Å²) in [5, 5.41) is 25.9. The van der Waals surface area contributed by atoms with Gasteiger partial charge in [-0.25, -0.2) is 9.59 Å². The maximum Gasteiger partial charge on any atom is 0.408 e. The van der Waals surface area contributed by atoms with E-state index in [0.717, 1.165) is 11.1 Å². The van der Waals surface area contributed by atoms with Gasteiger partial charge in [0.15, 0.2) is 6.10 Å². The minimum atomic E-state index is -1.72. The molecule has 0 spiro atoms. The third kappa shape index (κ3) is 9.58. The van der Waals surface area contributed by atoms with E-state index in [4.69, 9.17) is 9.47 Å².